The Bertz CT molecular complexity index is 571. The van der Waals surface area contributed by atoms with Gasteiger partial charge in [0.15, 0.2) is 11.5 Å². The highest BCUT2D eigenvalue weighted by atomic mass is 16.6. The van der Waals surface area contributed by atoms with Gasteiger partial charge in [0.1, 0.15) is 13.2 Å². The summed E-state index contributed by atoms with van der Waals surface area (Å²) in [5, 5.41) is 0. The number of amides is 1. The van der Waals surface area contributed by atoms with Crippen LogP contribution in [0.4, 0.5) is 0 Å². The van der Waals surface area contributed by atoms with Crippen LogP contribution in [0.1, 0.15) is 37.8 Å². The molecule has 4 heteroatoms. The Morgan fingerprint density at radius 1 is 1.24 bits per heavy atom. The van der Waals surface area contributed by atoms with E-state index in [0.29, 0.717) is 25.0 Å². The van der Waals surface area contributed by atoms with Gasteiger partial charge < -0.3 is 14.4 Å². The molecule has 0 bridgehead atoms. The molecule has 3 aliphatic rings. The van der Waals surface area contributed by atoms with Gasteiger partial charge in [-0.25, -0.2) is 0 Å². The van der Waals surface area contributed by atoms with Crippen LogP contribution in [0, 0.1) is 11.8 Å². The van der Waals surface area contributed by atoms with Crippen LogP contribution in [0.3, 0.4) is 0 Å². The van der Waals surface area contributed by atoms with Crippen molar-refractivity contribution in [1.82, 2.24) is 4.90 Å². The zero-order valence-electron chi connectivity index (χ0n) is 12.4. The molecule has 0 spiro atoms. The van der Waals surface area contributed by atoms with Gasteiger partial charge >= 0.3 is 0 Å². The first-order valence-electron chi connectivity index (χ1n) is 7.94. The SMILES string of the molecule is C[C@@H]1C[C@H]1C(=O)N1CCC[C@H]1c1ccc2c(c1)OCCO2. The maximum Gasteiger partial charge on any atom is 0.226 e. The number of benzene rings is 1. The Morgan fingerprint density at radius 2 is 2.00 bits per heavy atom. The van der Waals surface area contributed by atoms with Crippen molar-refractivity contribution >= 4 is 5.91 Å². The van der Waals surface area contributed by atoms with E-state index < -0.39 is 0 Å². The first kappa shape index (κ1) is 13.0. The number of carbonyl (C=O) groups is 1. The molecule has 1 aliphatic carbocycles. The summed E-state index contributed by atoms with van der Waals surface area (Å²) in [7, 11) is 0. The second-order valence-corrected chi connectivity index (χ2v) is 6.41. The lowest BCUT2D eigenvalue weighted by molar-refractivity contribution is -0.133. The molecule has 0 radical (unpaired) electrons. The molecule has 2 fully saturated rings. The van der Waals surface area contributed by atoms with Gasteiger partial charge in [0.25, 0.3) is 0 Å². The maximum atomic E-state index is 12.6. The predicted molar refractivity (Wildman–Crippen MR) is 78.4 cm³/mol. The fourth-order valence-corrected chi connectivity index (χ4v) is 3.52. The summed E-state index contributed by atoms with van der Waals surface area (Å²) >= 11 is 0. The predicted octanol–water partition coefficient (Wildman–Crippen LogP) is 2.78. The van der Waals surface area contributed by atoms with Crippen molar-refractivity contribution in [3.05, 3.63) is 23.8 Å². The molecule has 1 saturated heterocycles. The Morgan fingerprint density at radius 3 is 2.76 bits per heavy atom. The van der Waals surface area contributed by atoms with Crippen LogP contribution in [0.2, 0.25) is 0 Å². The molecule has 21 heavy (non-hydrogen) atoms. The Kier molecular flexibility index (Phi) is 3.05. The first-order valence-corrected chi connectivity index (χ1v) is 7.94. The highest BCUT2D eigenvalue weighted by molar-refractivity contribution is 5.82. The summed E-state index contributed by atoms with van der Waals surface area (Å²) in [4.78, 5) is 14.6. The molecular weight excluding hydrogens is 266 g/mol. The topological polar surface area (TPSA) is 38.8 Å². The van der Waals surface area contributed by atoms with Crippen molar-refractivity contribution in [2.24, 2.45) is 11.8 Å². The first-order chi connectivity index (χ1) is 10.2. The Balaban J connectivity index is 1.58. The zero-order valence-corrected chi connectivity index (χ0v) is 12.4. The van der Waals surface area contributed by atoms with E-state index in [1.165, 1.54) is 5.56 Å². The van der Waals surface area contributed by atoms with Gasteiger partial charge in [-0.1, -0.05) is 13.0 Å². The van der Waals surface area contributed by atoms with Gasteiger partial charge in [-0.2, -0.15) is 0 Å². The third-order valence-electron chi connectivity index (χ3n) is 4.91. The molecule has 3 atom stereocenters. The second kappa shape index (κ2) is 4.93. The summed E-state index contributed by atoms with van der Waals surface area (Å²) in [6, 6.07) is 6.33. The molecule has 4 nitrogen and oxygen atoms in total. The van der Waals surface area contributed by atoms with Gasteiger partial charge in [0.2, 0.25) is 5.91 Å². The number of hydrogen-bond acceptors (Lipinski definition) is 3. The molecule has 1 aromatic carbocycles. The lowest BCUT2D eigenvalue weighted by atomic mass is 10.0. The minimum absolute atomic E-state index is 0.209. The molecule has 4 rings (SSSR count). The minimum Gasteiger partial charge on any atom is -0.486 e. The number of rotatable bonds is 2. The highest BCUT2D eigenvalue weighted by Gasteiger charge is 2.44. The van der Waals surface area contributed by atoms with Gasteiger partial charge in [-0.05, 0) is 42.9 Å². The van der Waals surface area contributed by atoms with E-state index in [2.05, 4.69) is 24.0 Å². The van der Waals surface area contributed by atoms with Crippen LogP contribution in [0.25, 0.3) is 0 Å². The average Bonchev–Trinajstić information content (AvgIpc) is 3.05. The standard InChI is InChI=1S/C17H21NO3/c1-11-9-13(11)17(19)18-6-2-3-14(18)12-4-5-15-16(10-12)21-8-7-20-15/h4-5,10-11,13-14H,2-3,6-9H2,1H3/t11-,13-,14+/m1/s1. The molecule has 0 N–H and O–H groups in total. The number of ether oxygens (including phenoxy) is 2. The van der Waals surface area contributed by atoms with Crippen LogP contribution in [-0.2, 0) is 4.79 Å². The van der Waals surface area contributed by atoms with E-state index in [1.54, 1.807) is 0 Å². The van der Waals surface area contributed by atoms with E-state index in [1.807, 2.05) is 6.07 Å². The Labute approximate surface area is 125 Å². The van der Waals surface area contributed by atoms with E-state index in [0.717, 1.165) is 37.3 Å². The van der Waals surface area contributed by atoms with Crippen molar-refractivity contribution in [1.29, 1.82) is 0 Å². The van der Waals surface area contributed by atoms with E-state index in [4.69, 9.17) is 9.47 Å². The molecule has 2 heterocycles. The third-order valence-corrected chi connectivity index (χ3v) is 4.91. The molecule has 1 saturated carbocycles. The number of likely N-dealkylation sites (tertiary alicyclic amines) is 1. The van der Waals surface area contributed by atoms with Crippen molar-refractivity contribution in [3.63, 3.8) is 0 Å². The summed E-state index contributed by atoms with van der Waals surface area (Å²) in [6.45, 7) is 4.27. The van der Waals surface area contributed by atoms with Crippen LogP contribution < -0.4 is 9.47 Å². The summed E-state index contributed by atoms with van der Waals surface area (Å²) in [5.41, 5.74) is 1.18. The fraction of sp³-hybridized carbons (Fsp3) is 0.588. The van der Waals surface area contributed by atoms with Crippen LogP contribution in [0.5, 0.6) is 11.5 Å². The second-order valence-electron chi connectivity index (χ2n) is 6.41. The maximum absolute atomic E-state index is 12.6. The Hall–Kier alpha value is -1.71. The zero-order chi connectivity index (χ0) is 14.4. The molecular formula is C17H21NO3. The van der Waals surface area contributed by atoms with E-state index in [9.17, 15) is 4.79 Å². The van der Waals surface area contributed by atoms with Gasteiger partial charge in [0, 0.05) is 12.5 Å². The number of hydrogen-bond donors (Lipinski definition) is 0. The lowest BCUT2D eigenvalue weighted by Crippen LogP contribution is -2.32. The number of nitrogens with zero attached hydrogens (tertiary/aromatic N) is 1. The molecule has 1 amide bonds. The quantitative estimate of drug-likeness (QED) is 0.839. The van der Waals surface area contributed by atoms with Gasteiger partial charge in [0.05, 0.1) is 6.04 Å². The van der Waals surface area contributed by atoms with E-state index in [-0.39, 0.29) is 12.0 Å². The number of carbonyl (C=O) groups excluding carboxylic acids is 1. The van der Waals surface area contributed by atoms with Crippen LogP contribution in [-0.4, -0.2) is 30.6 Å². The van der Waals surface area contributed by atoms with Gasteiger partial charge in [-0.3, -0.25) is 4.79 Å². The van der Waals surface area contributed by atoms with Crippen LogP contribution in [0.15, 0.2) is 18.2 Å². The molecule has 0 aromatic heterocycles. The van der Waals surface area contributed by atoms with Gasteiger partial charge in [-0.15, -0.1) is 0 Å². The molecule has 112 valence electrons. The normalized spacial score (nSPS) is 30.3. The smallest absolute Gasteiger partial charge is 0.226 e. The van der Waals surface area contributed by atoms with Crippen molar-refractivity contribution in [2.45, 2.75) is 32.2 Å². The lowest BCUT2D eigenvalue weighted by Gasteiger charge is -2.27. The fourth-order valence-electron chi connectivity index (χ4n) is 3.52. The highest BCUT2D eigenvalue weighted by Crippen LogP contribution is 2.44. The van der Waals surface area contributed by atoms with Crippen molar-refractivity contribution in [2.75, 3.05) is 19.8 Å². The molecule has 0 unspecified atom stereocenters. The average molecular weight is 287 g/mol. The largest absolute Gasteiger partial charge is 0.486 e. The van der Waals surface area contributed by atoms with E-state index >= 15 is 0 Å². The monoisotopic (exact) mass is 287 g/mol. The molecule has 2 aliphatic heterocycles. The summed E-state index contributed by atoms with van der Waals surface area (Å²) in [6.07, 6.45) is 3.20. The summed E-state index contributed by atoms with van der Waals surface area (Å²) < 4.78 is 11.2. The van der Waals surface area contributed by atoms with Crippen molar-refractivity contribution in [3.8, 4) is 11.5 Å². The minimum atomic E-state index is 0.209. The summed E-state index contributed by atoms with van der Waals surface area (Å²) in [5.74, 6) is 2.82. The van der Waals surface area contributed by atoms with Crippen LogP contribution >= 0.6 is 0 Å². The molecule has 1 aromatic rings. The van der Waals surface area contributed by atoms with Crippen molar-refractivity contribution < 1.29 is 14.3 Å². The number of fused-ring (bicyclic) bond motifs is 1. The third kappa shape index (κ3) is 2.27.